The van der Waals surface area contributed by atoms with Crippen molar-refractivity contribution in [3.8, 4) is 22.3 Å². The fraction of sp³-hybridized carbons (Fsp3) is 0. The topological polar surface area (TPSA) is 32.8 Å². The lowest BCUT2D eigenvalue weighted by atomic mass is 9.92. The summed E-state index contributed by atoms with van der Waals surface area (Å²) in [6.45, 7) is 0. The molecule has 2 heterocycles. The van der Waals surface area contributed by atoms with Gasteiger partial charge in [-0.1, -0.05) is 140 Å². The average molecular weight is 845 g/mol. The molecule has 0 radical (unpaired) electrons. The number of benzene rings is 11. The second-order valence-electron chi connectivity index (χ2n) is 16.9. The van der Waals surface area contributed by atoms with Gasteiger partial charge >= 0.3 is 0 Å². The van der Waals surface area contributed by atoms with Crippen LogP contribution >= 0.6 is 0 Å². The van der Waals surface area contributed by atoms with Crippen LogP contribution in [0.15, 0.2) is 251 Å². The third-order valence-electron chi connectivity index (χ3n) is 13.0. The Bertz CT molecular complexity index is 3940. The van der Waals surface area contributed by atoms with E-state index in [4.69, 9.17) is 8.83 Å². The van der Waals surface area contributed by atoms with Gasteiger partial charge in [0.25, 0.3) is 0 Å². The Labute approximate surface area is 381 Å². The minimum atomic E-state index is 0.863. The minimum Gasteiger partial charge on any atom is -0.456 e. The van der Waals surface area contributed by atoms with Crippen LogP contribution in [0.25, 0.3) is 87.7 Å². The van der Waals surface area contributed by atoms with Crippen LogP contribution < -0.4 is 9.80 Å². The molecule has 2 aromatic heterocycles. The van der Waals surface area contributed by atoms with E-state index in [0.29, 0.717) is 0 Å². The van der Waals surface area contributed by atoms with Crippen LogP contribution in [0, 0.1) is 0 Å². The summed E-state index contributed by atoms with van der Waals surface area (Å²) in [6, 6.07) is 86.8. The number of nitrogens with zero attached hydrogens (tertiary/aromatic N) is 2. The van der Waals surface area contributed by atoms with Crippen molar-refractivity contribution in [2.75, 3.05) is 9.80 Å². The van der Waals surface area contributed by atoms with Gasteiger partial charge in [-0.2, -0.15) is 0 Å². The first kappa shape index (κ1) is 37.7. The third kappa shape index (κ3) is 6.38. The molecule has 0 bridgehead atoms. The molecule has 11 aromatic carbocycles. The van der Waals surface area contributed by atoms with Crippen LogP contribution in [0.2, 0.25) is 0 Å². The van der Waals surface area contributed by atoms with Crippen LogP contribution in [-0.4, -0.2) is 0 Å². The maximum absolute atomic E-state index is 6.34. The molecule has 13 aromatic rings. The molecule has 0 spiro atoms. The van der Waals surface area contributed by atoms with Crippen LogP contribution in [0.1, 0.15) is 0 Å². The molecule has 0 fully saturated rings. The van der Waals surface area contributed by atoms with Crippen molar-refractivity contribution in [1.82, 2.24) is 0 Å². The lowest BCUT2D eigenvalue weighted by Crippen LogP contribution is -2.13. The molecule has 310 valence electrons. The molecule has 0 N–H and O–H groups in total. The lowest BCUT2D eigenvalue weighted by Gasteiger charge is -2.30. The van der Waals surface area contributed by atoms with E-state index in [1.165, 1.54) is 27.1 Å². The minimum absolute atomic E-state index is 0.863. The Balaban J connectivity index is 1.04. The van der Waals surface area contributed by atoms with Crippen LogP contribution in [-0.2, 0) is 0 Å². The number of hydrogen-bond acceptors (Lipinski definition) is 4. The van der Waals surface area contributed by atoms with Crippen LogP contribution in [0.4, 0.5) is 34.1 Å². The zero-order valence-electron chi connectivity index (χ0n) is 35.8. The molecule has 0 amide bonds. The van der Waals surface area contributed by atoms with Gasteiger partial charge in [0, 0.05) is 55.7 Å². The van der Waals surface area contributed by atoms with Crippen molar-refractivity contribution in [2.24, 2.45) is 0 Å². The third-order valence-corrected chi connectivity index (χ3v) is 13.0. The van der Waals surface area contributed by atoms with Gasteiger partial charge in [-0.15, -0.1) is 0 Å². The number of para-hydroxylation sites is 4. The number of rotatable bonds is 8. The molecular formula is C62H40N2O2. The Morgan fingerprint density at radius 3 is 1.33 bits per heavy atom. The van der Waals surface area contributed by atoms with E-state index >= 15 is 0 Å². The largest absolute Gasteiger partial charge is 0.456 e. The zero-order chi connectivity index (χ0) is 43.6. The summed E-state index contributed by atoms with van der Waals surface area (Å²) in [5.74, 6) is 0. The van der Waals surface area contributed by atoms with E-state index < -0.39 is 0 Å². The van der Waals surface area contributed by atoms with Gasteiger partial charge in [-0.3, -0.25) is 0 Å². The molecule has 0 aliphatic carbocycles. The smallest absolute Gasteiger partial charge is 0.135 e. The lowest BCUT2D eigenvalue weighted by molar-refractivity contribution is 0.668. The summed E-state index contributed by atoms with van der Waals surface area (Å²) in [7, 11) is 0. The van der Waals surface area contributed by atoms with E-state index in [9.17, 15) is 0 Å². The maximum atomic E-state index is 6.34. The summed E-state index contributed by atoms with van der Waals surface area (Å²) in [5, 5.41) is 9.29. The SMILES string of the molecule is c1ccc(N(c2ccc(-c3ccc4oc5ccccc5c4c3)cc2)c2cc(-c3cc4ccccc4c4ccccc34)cc(N(c3ccccc3)c3ccc4oc5ccccc5c4c3)c2)cc1. The molecular weight excluding hydrogens is 805 g/mol. The average Bonchev–Trinajstić information content (AvgIpc) is 3.95. The quantitative estimate of drug-likeness (QED) is 0.143. The highest BCUT2D eigenvalue weighted by Gasteiger charge is 2.22. The van der Waals surface area contributed by atoms with Gasteiger partial charge in [-0.05, 0) is 147 Å². The highest BCUT2D eigenvalue weighted by molar-refractivity contribution is 6.14. The normalized spacial score (nSPS) is 11.6. The molecule has 0 saturated carbocycles. The van der Waals surface area contributed by atoms with E-state index in [-0.39, 0.29) is 0 Å². The molecule has 13 rings (SSSR count). The molecule has 66 heavy (non-hydrogen) atoms. The summed E-state index contributed by atoms with van der Waals surface area (Å²) >= 11 is 0. The second-order valence-corrected chi connectivity index (χ2v) is 16.9. The standard InChI is InChI=1S/C62H40N2O2/c1-3-16-45(17-4-1)63(47-30-27-41(28-31-47)42-29-33-61-57(37-42)54-23-11-13-25-59(54)65-61)49-35-44(56-38-43-15-7-8-20-51(43)52-21-9-10-22-53(52)56)36-50(39-49)64(46-18-5-2-6-19-46)48-32-34-62-58(40-48)55-24-12-14-26-60(55)66-62/h1-40H. The van der Waals surface area contributed by atoms with E-state index in [2.05, 4.69) is 228 Å². The first-order valence-corrected chi connectivity index (χ1v) is 22.4. The van der Waals surface area contributed by atoms with Gasteiger partial charge in [0.1, 0.15) is 22.3 Å². The van der Waals surface area contributed by atoms with Crippen molar-refractivity contribution in [3.63, 3.8) is 0 Å². The Kier molecular flexibility index (Phi) is 8.81. The van der Waals surface area contributed by atoms with Crippen molar-refractivity contribution in [3.05, 3.63) is 243 Å². The molecule has 0 atom stereocenters. The first-order chi connectivity index (χ1) is 32.7. The molecule has 0 saturated heterocycles. The number of anilines is 6. The summed E-state index contributed by atoms with van der Waals surface area (Å²) in [6.07, 6.45) is 0. The highest BCUT2D eigenvalue weighted by Crippen LogP contribution is 2.46. The van der Waals surface area contributed by atoms with Crippen molar-refractivity contribution in [2.45, 2.75) is 0 Å². The van der Waals surface area contributed by atoms with Crippen LogP contribution in [0.5, 0.6) is 0 Å². The summed E-state index contributed by atoms with van der Waals surface area (Å²) in [4.78, 5) is 4.75. The van der Waals surface area contributed by atoms with Crippen molar-refractivity contribution >= 4 is 99.5 Å². The van der Waals surface area contributed by atoms with Crippen molar-refractivity contribution in [1.29, 1.82) is 0 Å². The molecule has 4 nitrogen and oxygen atoms in total. The van der Waals surface area contributed by atoms with E-state index in [0.717, 1.165) is 94.7 Å². The predicted molar refractivity (Wildman–Crippen MR) is 276 cm³/mol. The fourth-order valence-electron chi connectivity index (χ4n) is 9.91. The monoisotopic (exact) mass is 844 g/mol. The first-order valence-electron chi connectivity index (χ1n) is 22.4. The van der Waals surface area contributed by atoms with Crippen molar-refractivity contribution < 1.29 is 8.83 Å². The number of hydrogen-bond donors (Lipinski definition) is 0. The summed E-state index contributed by atoms with van der Waals surface area (Å²) < 4.78 is 12.5. The fourth-order valence-corrected chi connectivity index (χ4v) is 9.91. The van der Waals surface area contributed by atoms with Crippen LogP contribution in [0.3, 0.4) is 0 Å². The zero-order valence-corrected chi connectivity index (χ0v) is 35.8. The molecule has 0 aliphatic rings. The predicted octanol–water partition coefficient (Wildman–Crippen LogP) is 18.1. The number of furan rings is 2. The Morgan fingerprint density at radius 1 is 0.227 bits per heavy atom. The second kappa shape index (κ2) is 15.4. The van der Waals surface area contributed by atoms with Gasteiger partial charge in [0.2, 0.25) is 0 Å². The van der Waals surface area contributed by atoms with Gasteiger partial charge in [0.15, 0.2) is 0 Å². The van der Waals surface area contributed by atoms with E-state index in [1.807, 2.05) is 24.3 Å². The van der Waals surface area contributed by atoms with Gasteiger partial charge in [0.05, 0.1) is 0 Å². The number of fused-ring (bicyclic) bond motifs is 9. The van der Waals surface area contributed by atoms with Gasteiger partial charge in [-0.25, -0.2) is 0 Å². The Morgan fingerprint density at radius 2 is 0.682 bits per heavy atom. The summed E-state index contributed by atoms with van der Waals surface area (Å²) in [5.41, 5.74) is 14.3. The Hall–Kier alpha value is -8.86. The van der Waals surface area contributed by atoms with Gasteiger partial charge < -0.3 is 18.6 Å². The molecule has 0 aliphatic heterocycles. The molecule has 0 unspecified atom stereocenters. The molecule has 4 heteroatoms. The maximum Gasteiger partial charge on any atom is 0.135 e. The highest BCUT2D eigenvalue weighted by atomic mass is 16.3. The van der Waals surface area contributed by atoms with E-state index in [1.54, 1.807) is 0 Å².